The summed E-state index contributed by atoms with van der Waals surface area (Å²) < 4.78 is 13.1. The molecule has 0 amide bonds. The van der Waals surface area contributed by atoms with Gasteiger partial charge in [0.05, 0.1) is 11.9 Å². The van der Waals surface area contributed by atoms with Crippen molar-refractivity contribution in [3.05, 3.63) is 42.1 Å². The molecule has 0 aliphatic rings. The molecule has 3 heteroatoms. The first-order valence-corrected chi connectivity index (χ1v) is 9.05. The minimum Gasteiger partial charge on any atom is -0.342 e. The van der Waals surface area contributed by atoms with Gasteiger partial charge in [-0.2, -0.15) is 0 Å². The van der Waals surface area contributed by atoms with Crippen molar-refractivity contribution >= 4 is 0 Å². The molecule has 1 aromatic heterocycles. The average molecular weight is 316 g/mol. The number of aromatic amines is 1. The third kappa shape index (κ3) is 5.49. The molecule has 0 radical (unpaired) electrons. The van der Waals surface area contributed by atoms with Crippen molar-refractivity contribution in [1.29, 1.82) is 0 Å². The van der Waals surface area contributed by atoms with E-state index in [1.165, 1.54) is 63.5 Å². The van der Waals surface area contributed by atoms with Crippen LogP contribution in [0.2, 0.25) is 0 Å². The maximum absolute atomic E-state index is 13.1. The fourth-order valence-electron chi connectivity index (χ4n) is 3.02. The number of unbranched alkanes of at least 4 members (excludes halogenated alkanes) is 4. The van der Waals surface area contributed by atoms with E-state index in [-0.39, 0.29) is 5.82 Å². The molecule has 0 aliphatic carbocycles. The highest BCUT2D eigenvalue weighted by molar-refractivity contribution is 5.58. The second-order valence-electron chi connectivity index (χ2n) is 6.38. The standard InChI is InChI=1S/C20H29FN2/c1-3-5-7-9-17(10-8-6-4-2)20-22-15-19(23-20)16-11-13-18(21)14-12-16/h11-15,17H,3-10H2,1-2H3,(H,22,23). The van der Waals surface area contributed by atoms with Gasteiger partial charge in [0.1, 0.15) is 11.6 Å². The first-order chi connectivity index (χ1) is 11.2. The Balaban J connectivity index is 2.06. The first-order valence-electron chi connectivity index (χ1n) is 9.05. The van der Waals surface area contributed by atoms with Gasteiger partial charge >= 0.3 is 0 Å². The van der Waals surface area contributed by atoms with Crippen molar-refractivity contribution in [2.45, 2.75) is 71.1 Å². The minimum atomic E-state index is -0.203. The predicted molar refractivity (Wildman–Crippen MR) is 95.0 cm³/mol. The van der Waals surface area contributed by atoms with E-state index in [0.717, 1.165) is 17.1 Å². The van der Waals surface area contributed by atoms with Gasteiger partial charge in [0, 0.05) is 5.92 Å². The number of benzene rings is 1. The smallest absolute Gasteiger partial charge is 0.123 e. The number of nitrogens with zero attached hydrogens (tertiary/aromatic N) is 1. The number of rotatable bonds is 10. The monoisotopic (exact) mass is 316 g/mol. The minimum absolute atomic E-state index is 0.203. The van der Waals surface area contributed by atoms with Crippen LogP contribution >= 0.6 is 0 Å². The molecular formula is C20H29FN2. The molecule has 0 spiro atoms. The van der Waals surface area contributed by atoms with Crippen LogP contribution in [-0.4, -0.2) is 9.97 Å². The van der Waals surface area contributed by atoms with Gasteiger partial charge in [-0.3, -0.25) is 0 Å². The zero-order valence-corrected chi connectivity index (χ0v) is 14.4. The Kier molecular flexibility index (Phi) is 7.31. The largest absolute Gasteiger partial charge is 0.342 e. The lowest BCUT2D eigenvalue weighted by Crippen LogP contribution is -2.02. The summed E-state index contributed by atoms with van der Waals surface area (Å²) >= 11 is 0. The SMILES string of the molecule is CCCCCC(CCCCC)c1ncc(-c2ccc(F)cc2)[nH]1. The molecule has 0 saturated carbocycles. The Morgan fingerprint density at radius 3 is 2.13 bits per heavy atom. The molecule has 0 unspecified atom stereocenters. The van der Waals surface area contributed by atoms with Crippen molar-refractivity contribution in [2.24, 2.45) is 0 Å². The Bertz CT molecular complexity index is 549. The van der Waals surface area contributed by atoms with Crippen LogP contribution in [0.25, 0.3) is 11.3 Å². The second kappa shape index (κ2) is 9.49. The summed E-state index contributed by atoms with van der Waals surface area (Å²) in [7, 11) is 0. The van der Waals surface area contributed by atoms with Crippen LogP contribution in [0.4, 0.5) is 4.39 Å². The summed E-state index contributed by atoms with van der Waals surface area (Å²) in [5.41, 5.74) is 1.97. The highest BCUT2D eigenvalue weighted by Crippen LogP contribution is 2.28. The highest BCUT2D eigenvalue weighted by Gasteiger charge is 2.15. The molecule has 2 nitrogen and oxygen atoms in total. The summed E-state index contributed by atoms with van der Waals surface area (Å²) in [6.07, 6.45) is 11.9. The Labute approximate surface area is 139 Å². The summed E-state index contributed by atoms with van der Waals surface area (Å²) in [4.78, 5) is 8.09. The van der Waals surface area contributed by atoms with Crippen molar-refractivity contribution in [2.75, 3.05) is 0 Å². The lowest BCUT2D eigenvalue weighted by Gasteiger charge is -2.14. The summed E-state index contributed by atoms with van der Waals surface area (Å²) in [5, 5.41) is 0. The van der Waals surface area contributed by atoms with Crippen LogP contribution in [-0.2, 0) is 0 Å². The summed E-state index contributed by atoms with van der Waals surface area (Å²) in [6.45, 7) is 4.48. The molecule has 2 aromatic rings. The Morgan fingerprint density at radius 1 is 0.957 bits per heavy atom. The number of hydrogen-bond donors (Lipinski definition) is 1. The van der Waals surface area contributed by atoms with E-state index in [1.54, 1.807) is 12.1 Å². The highest BCUT2D eigenvalue weighted by atomic mass is 19.1. The molecule has 0 fully saturated rings. The zero-order valence-electron chi connectivity index (χ0n) is 14.4. The summed E-state index contributed by atoms with van der Waals surface area (Å²) in [6, 6.07) is 6.59. The maximum atomic E-state index is 13.1. The fourth-order valence-corrected chi connectivity index (χ4v) is 3.02. The van der Waals surface area contributed by atoms with Crippen molar-refractivity contribution in [3.63, 3.8) is 0 Å². The lowest BCUT2D eigenvalue weighted by atomic mass is 9.94. The quantitative estimate of drug-likeness (QED) is 0.501. The zero-order chi connectivity index (χ0) is 16.5. The lowest BCUT2D eigenvalue weighted by molar-refractivity contribution is 0.491. The number of hydrogen-bond acceptors (Lipinski definition) is 1. The van der Waals surface area contributed by atoms with Crippen LogP contribution in [0.1, 0.15) is 77.0 Å². The Hall–Kier alpha value is -1.64. The molecule has 0 atom stereocenters. The van der Waals surface area contributed by atoms with E-state index in [2.05, 4.69) is 23.8 Å². The van der Waals surface area contributed by atoms with Crippen LogP contribution in [0.5, 0.6) is 0 Å². The van der Waals surface area contributed by atoms with E-state index < -0.39 is 0 Å². The number of nitrogens with one attached hydrogen (secondary N) is 1. The van der Waals surface area contributed by atoms with Gasteiger partial charge in [0.2, 0.25) is 0 Å². The summed E-state index contributed by atoms with van der Waals surface area (Å²) in [5.74, 6) is 1.41. The van der Waals surface area contributed by atoms with Crippen LogP contribution in [0, 0.1) is 5.82 Å². The van der Waals surface area contributed by atoms with Crippen molar-refractivity contribution < 1.29 is 4.39 Å². The molecule has 23 heavy (non-hydrogen) atoms. The number of H-pyrrole nitrogens is 1. The van der Waals surface area contributed by atoms with Crippen LogP contribution in [0.3, 0.4) is 0 Å². The molecule has 0 aliphatic heterocycles. The molecule has 0 saturated heterocycles. The van der Waals surface area contributed by atoms with Gasteiger partial charge in [-0.25, -0.2) is 9.37 Å². The van der Waals surface area contributed by atoms with E-state index in [9.17, 15) is 4.39 Å². The fraction of sp³-hybridized carbons (Fsp3) is 0.550. The van der Waals surface area contributed by atoms with Gasteiger partial charge in [0.25, 0.3) is 0 Å². The van der Waals surface area contributed by atoms with Gasteiger partial charge < -0.3 is 4.98 Å². The van der Waals surface area contributed by atoms with E-state index >= 15 is 0 Å². The molecule has 126 valence electrons. The number of imidazole rings is 1. The van der Waals surface area contributed by atoms with Gasteiger partial charge in [0.15, 0.2) is 0 Å². The van der Waals surface area contributed by atoms with Gasteiger partial charge in [-0.05, 0) is 42.7 Å². The molecule has 0 bridgehead atoms. The molecule has 1 heterocycles. The van der Waals surface area contributed by atoms with Crippen LogP contribution in [0.15, 0.2) is 30.5 Å². The van der Waals surface area contributed by atoms with Gasteiger partial charge in [-0.15, -0.1) is 0 Å². The first kappa shape index (κ1) is 17.7. The Morgan fingerprint density at radius 2 is 1.57 bits per heavy atom. The number of aromatic nitrogens is 2. The molecule has 1 N–H and O–H groups in total. The molecule has 2 rings (SSSR count). The molecular weight excluding hydrogens is 287 g/mol. The van der Waals surface area contributed by atoms with Crippen molar-refractivity contribution in [3.8, 4) is 11.3 Å². The van der Waals surface area contributed by atoms with E-state index in [1.807, 2.05) is 6.20 Å². The van der Waals surface area contributed by atoms with Crippen LogP contribution < -0.4 is 0 Å². The topological polar surface area (TPSA) is 28.7 Å². The predicted octanol–water partition coefficient (Wildman–Crippen LogP) is 6.46. The number of halogens is 1. The third-order valence-electron chi connectivity index (χ3n) is 4.45. The second-order valence-corrected chi connectivity index (χ2v) is 6.38. The maximum Gasteiger partial charge on any atom is 0.123 e. The van der Waals surface area contributed by atoms with E-state index in [4.69, 9.17) is 0 Å². The van der Waals surface area contributed by atoms with E-state index in [0.29, 0.717) is 5.92 Å². The van der Waals surface area contributed by atoms with Gasteiger partial charge in [-0.1, -0.05) is 52.4 Å². The third-order valence-corrected chi connectivity index (χ3v) is 4.45. The molecule has 1 aromatic carbocycles. The average Bonchev–Trinajstić information content (AvgIpc) is 3.04. The normalized spacial score (nSPS) is 11.3. The van der Waals surface area contributed by atoms with Crippen molar-refractivity contribution in [1.82, 2.24) is 9.97 Å².